The van der Waals surface area contributed by atoms with Crippen LogP contribution in [0.5, 0.6) is 0 Å². The number of amides is 3. The van der Waals surface area contributed by atoms with Crippen LogP contribution in [0, 0.1) is 13.8 Å². The smallest absolute Gasteiger partial charge is 0.318 e. The number of nitrogens with zero attached hydrogens (tertiary/aromatic N) is 1. The summed E-state index contributed by atoms with van der Waals surface area (Å²) in [5.74, 6) is -0.117. The summed E-state index contributed by atoms with van der Waals surface area (Å²) >= 11 is 0. The molecule has 1 atom stereocenters. The van der Waals surface area contributed by atoms with Crippen molar-refractivity contribution in [1.29, 1.82) is 0 Å². The summed E-state index contributed by atoms with van der Waals surface area (Å²) in [5, 5.41) is 5.92. The summed E-state index contributed by atoms with van der Waals surface area (Å²) in [7, 11) is 0. The van der Waals surface area contributed by atoms with E-state index in [4.69, 9.17) is 0 Å². The highest BCUT2D eigenvalue weighted by Gasteiger charge is 2.30. The highest BCUT2D eigenvalue weighted by Crippen LogP contribution is 2.24. The van der Waals surface area contributed by atoms with E-state index in [0.717, 1.165) is 22.3 Å². The molecular weight excluding hydrogens is 326 g/mol. The molecular formula is C21H25N3O2. The lowest BCUT2D eigenvalue weighted by molar-refractivity contribution is -0.126. The van der Waals surface area contributed by atoms with E-state index in [0.29, 0.717) is 13.1 Å². The third-order valence-corrected chi connectivity index (χ3v) is 4.78. The molecule has 26 heavy (non-hydrogen) atoms. The normalized spacial score (nSPS) is 17.2. The monoisotopic (exact) mass is 351 g/mol. The van der Waals surface area contributed by atoms with Crippen LogP contribution in [0.3, 0.4) is 0 Å². The Labute approximate surface area is 154 Å². The minimum absolute atomic E-state index is 0.117. The van der Waals surface area contributed by atoms with E-state index in [1.54, 1.807) is 11.8 Å². The van der Waals surface area contributed by atoms with Gasteiger partial charge in [-0.2, -0.15) is 0 Å². The number of carbonyl (C=O) groups is 2. The first-order chi connectivity index (χ1) is 12.5. The standard InChI is InChI=1S/C21H25N3O2/c1-14-6-4-8-17(12-14)19(18-9-5-7-15(2)13-18)23-21(26)24-11-10-22-20(25)16(24)3/h4-9,12-13,16,19H,10-11H2,1-3H3,(H,22,25)(H,23,26). The number of benzene rings is 2. The van der Waals surface area contributed by atoms with Crippen molar-refractivity contribution in [2.45, 2.75) is 32.9 Å². The number of hydrogen-bond acceptors (Lipinski definition) is 2. The maximum Gasteiger partial charge on any atom is 0.318 e. The lowest BCUT2D eigenvalue weighted by Gasteiger charge is -2.34. The highest BCUT2D eigenvalue weighted by atomic mass is 16.2. The van der Waals surface area contributed by atoms with Crippen LogP contribution in [0.2, 0.25) is 0 Å². The van der Waals surface area contributed by atoms with Crippen LogP contribution < -0.4 is 10.6 Å². The van der Waals surface area contributed by atoms with Gasteiger partial charge in [0.25, 0.3) is 0 Å². The molecule has 2 N–H and O–H groups in total. The van der Waals surface area contributed by atoms with Crippen molar-refractivity contribution in [3.05, 3.63) is 70.8 Å². The quantitative estimate of drug-likeness (QED) is 0.893. The van der Waals surface area contributed by atoms with Crippen LogP contribution in [0.15, 0.2) is 48.5 Å². The average molecular weight is 351 g/mol. The Morgan fingerprint density at radius 2 is 1.69 bits per heavy atom. The van der Waals surface area contributed by atoms with Crippen molar-refractivity contribution in [2.24, 2.45) is 0 Å². The fraction of sp³-hybridized carbons (Fsp3) is 0.333. The molecule has 0 saturated carbocycles. The molecule has 5 nitrogen and oxygen atoms in total. The van der Waals surface area contributed by atoms with Crippen LogP contribution in [0.25, 0.3) is 0 Å². The summed E-state index contributed by atoms with van der Waals surface area (Å²) in [6, 6.07) is 15.3. The zero-order chi connectivity index (χ0) is 18.7. The van der Waals surface area contributed by atoms with Gasteiger partial charge in [0.1, 0.15) is 6.04 Å². The first-order valence-corrected chi connectivity index (χ1v) is 8.93. The molecule has 3 amide bonds. The molecule has 0 aliphatic carbocycles. The Morgan fingerprint density at radius 1 is 1.12 bits per heavy atom. The summed E-state index contributed by atoms with van der Waals surface area (Å²) < 4.78 is 0. The van der Waals surface area contributed by atoms with Crippen LogP contribution in [0.1, 0.15) is 35.2 Å². The zero-order valence-corrected chi connectivity index (χ0v) is 15.5. The number of piperazine rings is 1. The molecule has 1 aliphatic rings. The molecule has 0 radical (unpaired) electrons. The predicted molar refractivity (Wildman–Crippen MR) is 102 cm³/mol. The van der Waals surface area contributed by atoms with Gasteiger partial charge >= 0.3 is 6.03 Å². The van der Waals surface area contributed by atoms with E-state index in [-0.39, 0.29) is 18.0 Å². The molecule has 1 unspecified atom stereocenters. The molecule has 1 aliphatic heterocycles. The summed E-state index contributed by atoms with van der Waals surface area (Å²) in [5.41, 5.74) is 4.33. The third-order valence-electron chi connectivity index (χ3n) is 4.78. The van der Waals surface area contributed by atoms with Gasteiger partial charge in [-0.05, 0) is 31.9 Å². The average Bonchev–Trinajstić information content (AvgIpc) is 2.61. The van der Waals surface area contributed by atoms with Gasteiger partial charge in [0.05, 0.1) is 6.04 Å². The van der Waals surface area contributed by atoms with Crippen molar-refractivity contribution >= 4 is 11.9 Å². The second-order valence-electron chi connectivity index (χ2n) is 6.87. The second kappa shape index (κ2) is 7.60. The van der Waals surface area contributed by atoms with E-state index >= 15 is 0 Å². The minimum Gasteiger partial charge on any atom is -0.353 e. The number of urea groups is 1. The molecule has 0 aromatic heterocycles. The molecule has 1 saturated heterocycles. The molecule has 1 fully saturated rings. The largest absolute Gasteiger partial charge is 0.353 e. The van der Waals surface area contributed by atoms with Crippen molar-refractivity contribution in [3.8, 4) is 0 Å². The van der Waals surface area contributed by atoms with E-state index in [1.165, 1.54) is 0 Å². The molecule has 3 rings (SSSR count). The number of aryl methyl sites for hydroxylation is 2. The fourth-order valence-electron chi connectivity index (χ4n) is 3.32. The first kappa shape index (κ1) is 18.0. The Hall–Kier alpha value is -2.82. The topological polar surface area (TPSA) is 61.4 Å². The van der Waals surface area contributed by atoms with Crippen LogP contribution in [0.4, 0.5) is 4.79 Å². The van der Waals surface area contributed by atoms with Crippen LogP contribution >= 0.6 is 0 Å². The number of rotatable bonds is 3. The van der Waals surface area contributed by atoms with Gasteiger partial charge in [-0.3, -0.25) is 4.79 Å². The molecule has 5 heteroatoms. The summed E-state index contributed by atoms with van der Waals surface area (Å²) in [4.78, 5) is 26.4. The molecule has 2 aromatic rings. The zero-order valence-electron chi connectivity index (χ0n) is 15.5. The lowest BCUT2D eigenvalue weighted by atomic mass is 9.96. The molecule has 0 spiro atoms. The fourth-order valence-corrected chi connectivity index (χ4v) is 3.32. The first-order valence-electron chi connectivity index (χ1n) is 8.93. The highest BCUT2D eigenvalue weighted by molar-refractivity contribution is 5.88. The van der Waals surface area contributed by atoms with Crippen molar-refractivity contribution < 1.29 is 9.59 Å². The Bertz CT molecular complexity index is 773. The van der Waals surface area contributed by atoms with E-state index in [9.17, 15) is 9.59 Å². The number of carbonyl (C=O) groups excluding carboxylic acids is 2. The Morgan fingerprint density at radius 3 is 2.23 bits per heavy atom. The third kappa shape index (κ3) is 3.87. The lowest BCUT2D eigenvalue weighted by Crippen LogP contribution is -2.58. The molecule has 0 bridgehead atoms. The maximum absolute atomic E-state index is 12.9. The Balaban J connectivity index is 1.91. The van der Waals surface area contributed by atoms with Gasteiger partial charge in [-0.1, -0.05) is 59.7 Å². The maximum atomic E-state index is 12.9. The summed E-state index contributed by atoms with van der Waals surface area (Å²) in [6.07, 6.45) is 0. The Kier molecular flexibility index (Phi) is 5.26. The summed E-state index contributed by atoms with van der Waals surface area (Å²) in [6.45, 7) is 6.82. The predicted octanol–water partition coefficient (Wildman–Crippen LogP) is 2.92. The minimum atomic E-state index is -0.473. The molecule has 136 valence electrons. The van der Waals surface area contributed by atoms with E-state index in [2.05, 4.69) is 22.8 Å². The second-order valence-corrected chi connectivity index (χ2v) is 6.87. The van der Waals surface area contributed by atoms with Gasteiger partial charge in [-0.25, -0.2) is 4.79 Å². The van der Waals surface area contributed by atoms with Gasteiger partial charge in [0.2, 0.25) is 5.91 Å². The van der Waals surface area contributed by atoms with Gasteiger partial charge < -0.3 is 15.5 Å². The SMILES string of the molecule is Cc1cccc(C(NC(=O)N2CCNC(=O)C2C)c2cccc(C)c2)c1. The van der Waals surface area contributed by atoms with Crippen molar-refractivity contribution in [2.75, 3.05) is 13.1 Å². The molecule has 2 aromatic carbocycles. The van der Waals surface area contributed by atoms with Crippen LogP contribution in [-0.4, -0.2) is 36.0 Å². The van der Waals surface area contributed by atoms with Gasteiger partial charge in [0.15, 0.2) is 0 Å². The van der Waals surface area contributed by atoms with Crippen molar-refractivity contribution in [3.63, 3.8) is 0 Å². The van der Waals surface area contributed by atoms with Gasteiger partial charge in [-0.15, -0.1) is 0 Å². The van der Waals surface area contributed by atoms with Gasteiger partial charge in [0, 0.05) is 13.1 Å². The van der Waals surface area contributed by atoms with Crippen molar-refractivity contribution in [1.82, 2.24) is 15.5 Å². The number of nitrogens with one attached hydrogen (secondary N) is 2. The molecule has 1 heterocycles. The van der Waals surface area contributed by atoms with E-state index in [1.807, 2.05) is 50.2 Å². The van der Waals surface area contributed by atoms with Crippen LogP contribution in [-0.2, 0) is 4.79 Å². The van der Waals surface area contributed by atoms with E-state index < -0.39 is 6.04 Å². The number of hydrogen-bond donors (Lipinski definition) is 2.